The van der Waals surface area contributed by atoms with Gasteiger partial charge in [0, 0.05) is 36.0 Å². The Morgan fingerprint density at radius 3 is 2.42 bits per heavy atom. The molecule has 0 radical (unpaired) electrons. The number of aryl methyl sites for hydroxylation is 2. The third kappa shape index (κ3) is 3.08. The van der Waals surface area contributed by atoms with Gasteiger partial charge in [0.25, 0.3) is 0 Å². The molecule has 2 aromatic carbocycles. The van der Waals surface area contributed by atoms with Crippen LogP contribution >= 0.6 is 0 Å². The molecule has 0 fully saturated rings. The second-order valence-electron chi connectivity index (χ2n) is 6.29. The van der Waals surface area contributed by atoms with Crippen LogP contribution in [0.15, 0.2) is 59.8 Å². The molecule has 0 aliphatic carbocycles. The Morgan fingerprint density at radius 2 is 1.81 bits per heavy atom. The van der Waals surface area contributed by atoms with Gasteiger partial charge in [0.1, 0.15) is 0 Å². The number of para-hydroxylation sites is 1. The number of oxime groups is 1. The van der Waals surface area contributed by atoms with E-state index in [-0.39, 0.29) is 18.1 Å². The minimum atomic E-state index is -0.621. The van der Waals surface area contributed by atoms with Crippen molar-refractivity contribution in [3.63, 3.8) is 0 Å². The van der Waals surface area contributed by atoms with E-state index in [0.717, 1.165) is 22.3 Å². The minimum Gasteiger partial charge on any atom is -0.464 e. The molecule has 26 heavy (non-hydrogen) atoms. The zero-order valence-corrected chi connectivity index (χ0v) is 15.1. The summed E-state index contributed by atoms with van der Waals surface area (Å²) in [7, 11) is 3.31. The highest BCUT2D eigenvalue weighted by Crippen LogP contribution is 2.36. The van der Waals surface area contributed by atoms with E-state index >= 15 is 0 Å². The maximum absolute atomic E-state index is 12.0. The van der Waals surface area contributed by atoms with Gasteiger partial charge in [-0.3, -0.25) is 0 Å². The average Bonchev–Trinajstić information content (AvgIpc) is 2.94. The van der Waals surface area contributed by atoms with Crippen LogP contribution in [-0.4, -0.2) is 28.6 Å². The first-order valence-corrected chi connectivity index (χ1v) is 8.46. The van der Waals surface area contributed by atoms with Gasteiger partial charge in [-0.2, -0.15) is 0 Å². The Kier molecular flexibility index (Phi) is 5.07. The van der Waals surface area contributed by atoms with Crippen molar-refractivity contribution in [3.05, 3.63) is 71.4 Å². The van der Waals surface area contributed by atoms with Crippen LogP contribution in [0.25, 0.3) is 10.9 Å². The lowest BCUT2D eigenvalue weighted by molar-refractivity contribution is -0.133. The second kappa shape index (κ2) is 7.44. The van der Waals surface area contributed by atoms with E-state index in [1.54, 1.807) is 0 Å². The van der Waals surface area contributed by atoms with Crippen molar-refractivity contribution in [1.82, 2.24) is 4.57 Å². The van der Waals surface area contributed by atoms with Crippen molar-refractivity contribution in [1.29, 1.82) is 0 Å². The van der Waals surface area contributed by atoms with Crippen LogP contribution in [0.4, 0.5) is 0 Å². The summed E-state index contributed by atoms with van der Waals surface area (Å²) in [6.45, 7) is 2.08. The van der Waals surface area contributed by atoms with Crippen molar-refractivity contribution in [2.75, 3.05) is 7.11 Å². The molecule has 0 bridgehead atoms. The maximum atomic E-state index is 12.0. The molecule has 0 saturated heterocycles. The molecule has 0 aliphatic heterocycles. The Bertz CT molecular complexity index is 919. The second-order valence-corrected chi connectivity index (χ2v) is 6.29. The average molecular weight is 350 g/mol. The molecule has 1 N–H and O–H groups in total. The summed E-state index contributed by atoms with van der Waals surface area (Å²) < 4.78 is 6.91. The molecule has 0 saturated carbocycles. The van der Waals surface area contributed by atoms with E-state index in [0.29, 0.717) is 0 Å². The smallest absolute Gasteiger partial charge is 0.355 e. The molecule has 3 rings (SSSR count). The normalized spacial score (nSPS) is 13.0. The number of esters is 1. The molecule has 0 spiro atoms. The van der Waals surface area contributed by atoms with Crippen molar-refractivity contribution in [3.8, 4) is 0 Å². The first-order valence-electron chi connectivity index (χ1n) is 8.46. The number of nitrogens with zero attached hydrogens (tertiary/aromatic N) is 2. The van der Waals surface area contributed by atoms with Gasteiger partial charge in [-0.25, -0.2) is 4.79 Å². The van der Waals surface area contributed by atoms with Crippen molar-refractivity contribution in [2.45, 2.75) is 19.3 Å². The summed E-state index contributed by atoms with van der Waals surface area (Å²) in [4.78, 5) is 12.0. The number of hydrogen-bond donors (Lipinski definition) is 1. The van der Waals surface area contributed by atoms with E-state index in [2.05, 4.69) is 28.8 Å². The number of rotatable bonds is 5. The monoisotopic (exact) mass is 350 g/mol. The number of aromatic nitrogens is 1. The highest BCUT2D eigenvalue weighted by Gasteiger charge is 2.27. The molecule has 0 aliphatic rings. The molecule has 0 unspecified atom stereocenters. The lowest BCUT2D eigenvalue weighted by Gasteiger charge is -2.20. The summed E-state index contributed by atoms with van der Waals surface area (Å²) in [5, 5.41) is 13.7. The SMILES string of the molecule is COC(=O)/C(C[C@H](c1ccccc1)c1c(C)c2ccccc2n1C)=N\O. The van der Waals surface area contributed by atoms with Crippen LogP contribution in [-0.2, 0) is 16.6 Å². The molecule has 1 aromatic heterocycles. The number of benzene rings is 2. The zero-order valence-electron chi connectivity index (χ0n) is 15.1. The Morgan fingerprint density at radius 1 is 1.15 bits per heavy atom. The summed E-state index contributed by atoms with van der Waals surface area (Å²) >= 11 is 0. The van der Waals surface area contributed by atoms with Gasteiger partial charge in [0.2, 0.25) is 0 Å². The van der Waals surface area contributed by atoms with E-state index in [9.17, 15) is 10.0 Å². The Balaban J connectivity index is 2.18. The largest absolute Gasteiger partial charge is 0.464 e. The summed E-state index contributed by atoms with van der Waals surface area (Å²) in [6, 6.07) is 18.1. The number of hydrogen-bond acceptors (Lipinski definition) is 4. The predicted octanol–water partition coefficient (Wildman–Crippen LogP) is 4.01. The van der Waals surface area contributed by atoms with Crippen molar-refractivity contribution in [2.24, 2.45) is 12.2 Å². The predicted molar refractivity (Wildman–Crippen MR) is 102 cm³/mol. The van der Waals surface area contributed by atoms with Crippen LogP contribution in [0, 0.1) is 6.92 Å². The van der Waals surface area contributed by atoms with Crippen LogP contribution in [0.1, 0.15) is 29.2 Å². The molecule has 0 amide bonds. The zero-order chi connectivity index (χ0) is 18.7. The lowest BCUT2D eigenvalue weighted by Crippen LogP contribution is -2.21. The van der Waals surface area contributed by atoms with Gasteiger partial charge < -0.3 is 14.5 Å². The van der Waals surface area contributed by atoms with Crippen LogP contribution in [0.5, 0.6) is 0 Å². The van der Waals surface area contributed by atoms with Gasteiger partial charge in [-0.15, -0.1) is 0 Å². The number of methoxy groups -OCH3 is 1. The lowest BCUT2D eigenvalue weighted by atomic mass is 9.88. The number of carbonyl (C=O) groups is 1. The maximum Gasteiger partial charge on any atom is 0.355 e. The Labute approximate surface area is 152 Å². The fourth-order valence-corrected chi connectivity index (χ4v) is 3.63. The fourth-order valence-electron chi connectivity index (χ4n) is 3.63. The summed E-state index contributed by atoms with van der Waals surface area (Å²) in [5.74, 6) is -0.761. The van der Waals surface area contributed by atoms with Crippen molar-refractivity contribution < 1.29 is 14.7 Å². The highest BCUT2D eigenvalue weighted by molar-refractivity contribution is 6.36. The van der Waals surface area contributed by atoms with E-state index in [1.807, 2.05) is 49.5 Å². The van der Waals surface area contributed by atoms with E-state index in [4.69, 9.17) is 4.74 Å². The quantitative estimate of drug-likeness (QED) is 0.327. The number of ether oxygens (including phenoxy) is 1. The van der Waals surface area contributed by atoms with Gasteiger partial charge in [-0.1, -0.05) is 53.7 Å². The first-order chi connectivity index (χ1) is 12.6. The third-order valence-electron chi connectivity index (χ3n) is 4.89. The van der Waals surface area contributed by atoms with Crippen LogP contribution in [0.2, 0.25) is 0 Å². The molecule has 3 aromatic rings. The summed E-state index contributed by atoms with van der Waals surface area (Å²) in [6.07, 6.45) is 0.248. The van der Waals surface area contributed by atoms with E-state index in [1.165, 1.54) is 12.5 Å². The van der Waals surface area contributed by atoms with Crippen LogP contribution in [0.3, 0.4) is 0 Å². The third-order valence-corrected chi connectivity index (χ3v) is 4.89. The fraction of sp³-hybridized carbons (Fsp3) is 0.238. The molecule has 5 nitrogen and oxygen atoms in total. The summed E-state index contributed by atoms with van der Waals surface area (Å²) in [5.41, 5.74) is 4.42. The molecular formula is C21H22N2O3. The topological polar surface area (TPSA) is 63.8 Å². The highest BCUT2D eigenvalue weighted by atomic mass is 16.5. The minimum absolute atomic E-state index is 0.00556. The van der Waals surface area contributed by atoms with Gasteiger partial charge in [0.05, 0.1) is 7.11 Å². The molecule has 134 valence electrons. The van der Waals surface area contributed by atoms with Gasteiger partial charge >= 0.3 is 5.97 Å². The van der Waals surface area contributed by atoms with E-state index < -0.39 is 5.97 Å². The Hall–Kier alpha value is -3.08. The van der Waals surface area contributed by atoms with Crippen LogP contribution < -0.4 is 0 Å². The number of fused-ring (bicyclic) bond motifs is 1. The van der Waals surface area contributed by atoms with Crippen molar-refractivity contribution >= 4 is 22.6 Å². The first kappa shape index (κ1) is 17.7. The molecule has 1 atom stereocenters. The standard InChI is InChI=1S/C21H22N2O3/c1-14-16-11-7-8-12-19(16)23(2)20(14)17(15-9-5-4-6-10-15)13-18(22-25)21(24)26-3/h4-12,17,25H,13H2,1-3H3/b22-18-/t17-/m1/s1. The molecular weight excluding hydrogens is 328 g/mol. The van der Waals surface area contributed by atoms with Gasteiger partial charge in [-0.05, 0) is 24.1 Å². The molecule has 1 heterocycles. The molecule has 5 heteroatoms. The number of carbonyl (C=O) groups excluding carboxylic acids is 1. The van der Waals surface area contributed by atoms with Gasteiger partial charge in [0.15, 0.2) is 5.71 Å².